The zero-order valence-electron chi connectivity index (χ0n) is 40.2. The van der Waals surface area contributed by atoms with E-state index in [0.29, 0.717) is 11.6 Å². The van der Waals surface area contributed by atoms with Crippen molar-refractivity contribution in [3.63, 3.8) is 0 Å². The molecule has 75 heavy (non-hydrogen) atoms. The molecule has 15 rings (SSSR count). The molecule has 0 bridgehead atoms. The fourth-order valence-corrected chi connectivity index (χ4v) is 10.9. The number of para-hydroxylation sites is 1. The van der Waals surface area contributed by atoms with Crippen molar-refractivity contribution in [1.29, 1.82) is 0 Å². The molecule has 9 aromatic carbocycles. The van der Waals surface area contributed by atoms with Crippen molar-refractivity contribution in [3.05, 3.63) is 249 Å². The number of nitrogens with zero attached hydrogens (tertiary/aromatic N) is 7. The molecule has 0 radical (unpaired) electrons. The monoisotopic (exact) mass is 959 g/mol. The van der Waals surface area contributed by atoms with Gasteiger partial charge in [0.25, 0.3) is 0 Å². The van der Waals surface area contributed by atoms with Crippen LogP contribution in [0.25, 0.3) is 145 Å². The smallest absolute Gasteiger partial charge is 0.198 e. The van der Waals surface area contributed by atoms with Crippen molar-refractivity contribution in [1.82, 2.24) is 34.1 Å². The van der Waals surface area contributed by atoms with Crippen molar-refractivity contribution in [2.75, 3.05) is 0 Å². The minimum atomic E-state index is 0.427. The molecule has 0 aliphatic heterocycles. The first kappa shape index (κ1) is 42.4. The summed E-state index contributed by atoms with van der Waals surface area (Å²) in [6, 6.07) is 82.5. The van der Waals surface area contributed by atoms with Gasteiger partial charge in [-0.1, -0.05) is 170 Å². The molecule has 15 aromatic rings. The number of benzene rings is 9. The Bertz CT molecular complexity index is 4620. The summed E-state index contributed by atoms with van der Waals surface area (Å²) in [6.45, 7) is 0. The summed E-state index contributed by atoms with van der Waals surface area (Å²) in [4.78, 5) is 25.9. The van der Waals surface area contributed by atoms with Crippen molar-refractivity contribution < 1.29 is 4.42 Å². The number of hydrogen-bond acceptors (Lipinski definition) is 6. The zero-order chi connectivity index (χ0) is 49.4. The summed E-state index contributed by atoms with van der Waals surface area (Å²) in [5.41, 5.74) is 16.6. The third-order valence-electron chi connectivity index (χ3n) is 14.5. The number of pyridine rings is 1. The second kappa shape index (κ2) is 17.2. The first-order chi connectivity index (χ1) is 37.2. The van der Waals surface area contributed by atoms with Crippen LogP contribution < -0.4 is 0 Å². The molecule has 8 nitrogen and oxygen atoms in total. The Balaban J connectivity index is 0.981. The molecule has 350 valence electrons. The van der Waals surface area contributed by atoms with Crippen molar-refractivity contribution in [2.45, 2.75) is 0 Å². The van der Waals surface area contributed by atoms with Crippen LogP contribution in [-0.2, 0) is 0 Å². The average molecular weight is 960 g/mol. The average Bonchev–Trinajstić information content (AvgIpc) is 4.23. The summed E-state index contributed by atoms with van der Waals surface area (Å²) in [5.74, 6) is 1.66. The van der Waals surface area contributed by atoms with Crippen LogP contribution in [0.1, 0.15) is 0 Å². The van der Waals surface area contributed by atoms with Crippen LogP contribution in [0, 0.1) is 0 Å². The van der Waals surface area contributed by atoms with Crippen LogP contribution in [0.15, 0.2) is 253 Å². The van der Waals surface area contributed by atoms with E-state index in [9.17, 15) is 0 Å². The molecule has 0 unspecified atom stereocenters. The van der Waals surface area contributed by atoms with E-state index in [1.165, 1.54) is 0 Å². The number of fused-ring (bicyclic) bond motifs is 10. The normalized spacial score (nSPS) is 11.7. The predicted molar refractivity (Wildman–Crippen MR) is 304 cm³/mol. The van der Waals surface area contributed by atoms with Gasteiger partial charge in [0.15, 0.2) is 11.6 Å². The lowest BCUT2D eigenvalue weighted by Crippen LogP contribution is -2.03. The van der Waals surface area contributed by atoms with E-state index >= 15 is 0 Å². The van der Waals surface area contributed by atoms with Gasteiger partial charge in [-0.15, -0.1) is 0 Å². The van der Waals surface area contributed by atoms with E-state index in [2.05, 4.69) is 191 Å². The zero-order valence-corrected chi connectivity index (χ0v) is 40.2. The standard InChI is InChI=1S/C67H41N7O/c1-5-16-42(17-6-1)46-28-33-59-53(36-46)51-31-32-52-54-37-47(43-18-7-2-8-19-43)29-34-60(54)74(63-27-15-25-56(70-63)48-30-35-62-55(38-48)50-24-13-14-26-61(50)75-62)65(52)64(51)73(59)49-40-68-66(69-41-49)67-71-57(44-20-9-3-10-21-44)39-58(72-67)45-22-11-4-12-23-45/h1-41H. The van der Waals surface area contributed by atoms with Gasteiger partial charge in [0.05, 0.1) is 57.2 Å². The molecular weight excluding hydrogens is 919 g/mol. The van der Waals surface area contributed by atoms with Crippen molar-refractivity contribution in [3.8, 4) is 79.2 Å². The minimum Gasteiger partial charge on any atom is -0.456 e. The third kappa shape index (κ3) is 7.11. The van der Waals surface area contributed by atoms with Crippen LogP contribution in [0.2, 0.25) is 0 Å². The summed E-state index contributed by atoms with van der Waals surface area (Å²) in [5, 5.41) is 6.54. The lowest BCUT2D eigenvalue weighted by atomic mass is 10.0. The molecule has 0 spiro atoms. The molecule has 6 aromatic heterocycles. The van der Waals surface area contributed by atoms with Gasteiger partial charge < -0.3 is 8.98 Å². The van der Waals surface area contributed by atoms with Crippen LogP contribution in [0.5, 0.6) is 0 Å². The quantitative estimate of drug-likeness (QED) is 0.151. The molecule has 0 N–H and O–H groups in total. The Morgan fingerprint density at radius 3 is 1.41 bits per heavy atom. The molecule has 0 atom stereocenters. The highest BCUT2D eigenvalue weighted by molar-refractivity contribution is 6.24. The van der Waals surface area contributed by atoms with E-state index in [4.69, 9.17) is 29.3 Å². The second-order valence-corrected chi connectivity index (χ2v) is 18.9. The minimum absolute atomic E-state index is 0.427. The highest BCUT2D eigenvalue weighted by Crippen LogP contribution is 2.44. The van der Waals surface area contributed by atoms with Gasteiger partial charge in [0, 0.05) is 49.0 Å². The van der Waals surface area contributed by atoms with E-state index in [1.54, 1.807) is 0 Å². The molecule has 0 amide bonds. The Kier molecular flexibility index (Phi) is 9.71. The van der Waals surface area contributed by atoms with Gasteiger partial charge in [-0.25, -0.2) is 24.9 Å². The Morgan fingerprint density at radius 2 is 0.800 bits per heavy atom. The fraction of sp³-hybridized carbons (Fsp3) is 0. The van der Waals surface area contributed by atoms with Crippen molar-refractivity contribution in [2.24, 2.45) is 0 Å². The number of aromatic nitrogens is 7. The predicted octanol–water partition coefficient (Wildman–Crippen LogP) is 16.8. The van der Waals surface area contributed by atoms with E-state index in [-0.39, 0.29) is 0 Å². The van der Waals surface area contributed by atoms with Crippen LogP contribution in [0.4, 0.5) is 0 Å². The van der Waals surface area contributed by atoms with Gasteiger partial charge in [0.2, 0.25) is 0 Å². The van der Waals surface area contributed by atoms with Gasteiger partial charge in [-0.05, 0) is 89.0 Å². The fourth-order valence-electron chi connectivity index (χ4n) is 10.9. The summed E-state index contributed by atoms with van der Waals surface area (Å²) >= 11 is 0. The van der Waals surface area contributed by atoms with E-state index in [0.717, 1.165) is 133 Å². The van der Waals surface area contributed by atoms with Gasteiger partial charge >= 0.3 is 0 Å². The highest BCUT2D eigenvalue weighted by atomic mass is 16.3. The summed E-state index contributed by atoms with van der Waals surface area (Å²) in [7, 11) is 0. The number of rotatable bonds is 8. The Morgan fingerprint density at radius 1 is 0.293 bits per heavy atom. The number of furan rings is 1. The largest absolute Gasteiger partial charge is 0.456 e. The summed E-state index contributed by atoms with van der Waals surface area (Å²) < 4.78 is 10.9. The molecule has 0 aliphatic rings. The summed E-state index contributed by atoms with van der Waals surface area (Å²) in [6.07, 6.45) is 3.81. The maximum atomic E-state index is 6.24. The van der Waals surface area contributed by atoms with E-state index < -0.39 is 0 Å². The maximum Gasteiger partial charge on any atom is 0.198 e. The Hall–Kier alpha value is -10.3. The SMILES string of the molecule is c1ccc(-c2ccc3c(c2)c2ccc4c5cc(-c6ccccc6)ccc5n(-c5cccc(-c6ccc7oc8ccccc8c7c6)n5)c4c2n3-c2cnc(-c3nc(-c4ccccc4)cc(-c4ccccc4)n3)nc2)cc1. The topological polar surface area (TPSA) is 87.5 Å². The number of hydrogen-bond donors (Lipinski definition) is 0. The van der Waals surface area contributed by atoms with E-state index in [1.807, 2.05) is 67.0 Å². The molecule has 8 heteroatoms. The van der Waals surface area contributed by atoms with Crippen LogP contribution in [-0.4, -0.2) is 34.1 Å². The molecule has 6 heterocycles. The van der Waals surface area contributed by atoms with Gasteiger partial charge in [-0.2, -0.15) is 0 Å². The van der Waals surface area contributed by atoms with Crippen LogP contribution in [0.3, 0.4) is 0 Å². The molecule has 0 fully saturated rings. The third-order valence-corrected chi connectivity index (χ3v) is 14.5. The Labute approximate surface area is 430 Å². The van der Waals surface area contributed by atoms with Crippen molar-refractivity contribution >= 4 is 65.6 Å². The maximum absolute atomic E-state index is 6.24. The molecule has 0 saturated carbocycles. The van der Waals surface area contributed by atoms with Crippen LogP contribution >= 0.6 is 0 Å². The highest BCUT2D eigenvalue weighted by Gasteiger charge is 2.24. The molecule has 0 aliphatic carbocycles. The lowest BCUT2D eigenvalue weighted by molar-refractivity contribution is 0.669. The van der Waals surface area contributed by atoms with Gasteiger partial charge in [0.1, 0.15) is 17.0 Å². The second-order valence-electron chi connectivity index (χ2n) is 18.9. The van der Waals surface area contributed by atoms with Gasteiger partial charge in [-0.3, -0.25) is 4.57 Å². The lowest BCUT2D eigenvalue weighted by Gasteiger charge is -2.13. The molecular formula is C67H41N7O. The molecule has 0 saturated heterocycles. The first-order valence-electron chi connectivity index (χ1n) is 25.0. The first-order valence-corrected chi connectivity index (χ1v) is 25.0.